The van der Waals surface area contributed by atoms with Gasteiger partial charge >= 0.3 is 0 Å². The molecule has 1 aromatic carbocycles. The van der Waals surface area contributed by atoms with E-state index >= 15 is 0 Å². The topological polar surface area (TPSA) is 40.5 Å². The van der Waals surface area contributed by atoms with Crippen molar-refractivity contribution in [3.05, 3.63) is 35.4 Å². The molecule has 19 heavy (non-hydrogen) atoms. The van der Waals surface area contributed by atoms with E-state index in [0.717, 1.165) is 12.1 Å². The molecule has 1 saturated heterocycles. The van der Waals surface area contributed by atoms with Crippen LogP contribution in [0.5, 0.6) is 0 Å². The number of carbonyl (C=O) groups is 1. The molecule has 1 amide bonds. The summed E-state index contributed by atoms with van der Waals surface area (Å²) in [6, 6.07) is 3.17. The van der Waals surface area contributed by atoms with Gasteiger partial charge in [-0.25, -0.2) is 13.2 Å². The molecule has 2 rings (SSSR count). The largest absolute Gasteiger partial charge is 0.388 e. The zero-order chi connectivity index (χ0) is 14.0. The fraction of sp³-hybridized carbons (Fsp3) is 0.462. The van der Waals surface area contributed by atoms with E-state index in [1.54, 1.807) is 0 Å². The van der Waals surface area contributed by atoms with Crippen LogP contribution < -0.4 is 0 Å². The highest BCUT2D eigenvalue weighted by molar-refractivity contribution is 5.76. The molecule has 0 aromatic heterocycles. The van der Waals surface area contributed by atoms with Gasteiger partial charge in [-0.1, -0.05) is 6.07 Å². The van der Waals surface area contributed by atoms with E-state index in [1.807, 2.05) is 0 Å². The molecule has 0 aliphatic carbocycles. The van der Waals surface area contributed by atoms with Gasteiger partial charge in [0.25, 0.3) is 0 Å². The maximum absolute atomic E-state index is 13.3. The van der Waals surface area contributed by atoms with E-state index in [0.29, 0.717) is 0 Å². The Labute approximate surface area is 108 Å². The van der Waals surface area contributed by atoms with Gasteiger partial charge in [-0.05, 0) is 18.1 Å². The number of hydrogen-bond acceptors (Lipinski definition) is 2. The van der Waals surface area contributed by atoms with Crippen LogP contribution in [-0.4, -0.2) is 41.3 Å². The molecule has 0 spiro atoms. The number of aliphatic hydroxyl groups excluding tert-OH is 1. The van der Waals surface area contributed by atoms with Crippen molar-refractivity contribution in [3.8, 4) is 0 Å². The first-order valence-corrected chi connectivity index (χ1v) is 6.01. The minimum Gasteiger partial charge on any atom is -0.388 e. The third-order valence-corrected chi connectivity index (χ3v) is 3.20. The maximum Gasteiger partial charge on any atom is 0.223 e. The van der Waals surface area contributed by atoms with Crippen LogP contribution in [-0.2, 0) is 11.2 Å². The number of benzene rings is 1. The quantitative estimate of drug-likeness (QED) is 0.905. The SMILES string of the molecule is O=C(CCc1ccc(F)cc1F)N1C[C@H](O)[C@@H](F)C1. The average Bonchev–Trinajstić information content (AvgIpc) is 2.68. The summed E-state index contributed by atoms with van der Waals surface area (Å²) in [5, 5.41) is 9.21. The van der Waals surface area contributed by atoms with E-state index in [1.165, 1.54) is 11.0 Å². The Hall–Kier alpha value is -1.56. The monoisotopic (exact) mass is 273 g/mol. The Morgan fingerprint density at radius 1 is 1.37 bits per heavy atom. The van der Waals surface area contributed by atoms with Gasteiger partial charge < -0.3 is 10.0 Å². The van der Waals surface area contributed by atoms with Gasteiger partial charge in [0, 0.05) is 19.0 Å². The molecule has 1 aliphatic rings. The Bertz CT molecular complexity index is 471. The van der Waals surface area contributed by atoms with Crippen molar-refractivity contribution in [2.45, 2.75) is 25.1 Å². The summed E-state index contributed by atoms with van der Waals surface area (Å²) in [4.78, 5) is 13.0. The normalized spacial score (nSPS) is 22.8. The minimum atomic E-state index is -1.42. The van der Waals surface area contributed by atoms with Gasteiger partial charge in [-0.3, -0.25) is 4.79 Å². The number of β-amino-alcohol motifs (C(OH)–C–C–N with tert-alkyl or cyclic N) is 1. The first-order valence-electron chi connectivity index (χ1n) is 6.01. The average molecular weight is 273 g/mol. The van der Waals surface area contributed by atoms with Crippen LogP contribution in [0, 0.1) is 11.6 Å². The number of nitrogens with zero attached hydrogens (tertiary/aromatic N) is 1. The van der Waals surface area contributed by atoms with Crippen LogP contribution in [0.3, 0.4) is 0 Å². The van der Waals surface area contributed by atoms with Gasteiger partial charge in [0.1, 0.15) is 23.9 Å². The number of aliphatic hydroxyl groups is 1. The number of rotatable bonds is 3. The summed E-state index contributed by atoms with van der Waals surface area (Å²) in [7, 11) is 0. The fourth-order valence-electron chi connectivity index (χ4n) is 2.07. The van der Waals surface area contributed by atoms with Crippen LogP contribution in [0.4, 0.5) is 13.2 Å². The van der Waals surface area contributed by atoms with Gasteiger partial charge in [-0.15, -0.1) is 0 Å². The van der Waals surface area contributed by atoms with Crippen molar-refractivity contribution in [2.24, 2.45) is 0 Å². The third kappa shape index (κ3) is 3.26. The van der Waals surface area contributed by atoms with E-state index in [2.05, 4.69) is 0 Å². The molecule has 104 valence electrons. The lowest BCUT2D eigenvalue weighted by Gasteiger charge is -2.15. The van der Waals surface area contributed by atoms with Crippen molar-refractivity contribution in [1.82, 2.24) is 4.90 Å². The predicted molar refractivity (Wildman–Crippen MR) is 62.2 cm³/mol. The second kappa shape index (κ2) is 5.61. The lowest BCUT2D eigenvalue weighted by Crippen LogP contribution is -2.29. The highest BCUT2D eigenvalue weighted by atomic mass is 19.1. The molecule has 1 aliphatic heterocycles. The summed E-state index contributed by atoms with van der Waals surface area (Å²) in [5.41, 5.74) is 0.242. The van der Waals surface area contributed by atoms with Crippen molar-refractivity contribution in [2.75, 3.05) is 13.1 Å². The maximum atomic E-state index is 13.3. The zero-order valence-electron chi connectivity index (χ0n) is 10.2. The van der Waals surface area contributed by atoms with Crippen molar-refractivity contribution in [3.63, 3.8) is 0 Å². The molecule has 0 bridgehead atoms. The summed E-state index contributed by atoms with van der Waals surface area (Å²) in [6.07, 6.45) is -2.45. The van der Waals surface area contributed by atoms with Gasteiger partial charge in [-0.2, -0.15) is 0 Å². The molecule has 2 atom stereocenters. The third-order valence-electron chi connectivity index (χ3n) is 3.20. The zero-order valence-corrected chi connectivity index (χ0v) is 10.2. The lowest BCUT2D eigenvalue weighted by atomic mass is 10.1. The summed E-state index contributed by atoms with van der Waals surface area (Å²) in [5.74, 6) is -1.71. The molecule has 0 saturated carbocycles. The highest BCUT2D eigenvalue weighted by Gasteiger charge is 2.33. The number of hydrogen-bond donors (Lipinski definition) is 1. The second-order valence-corrected chi connectivity index (χ2v) is 4.62. The fourth-order valence-corrected chi connectivity index (χ4v) is 2.07. The van der Waals surface area contributed by atoms with Gasteiger partial charge in [0.05, 0.1) is 6.54 Å². The van der Waals surface area contributed by atoms with Gasteiger partial charge in [0.2, 0.25) is 5.91 Å². The van der Waals surface area contributed by atoms with Crippen molar-refractivity contribution < 1.29 is 23.1 Å². The van der Waals surface area contributed by atoms with E-state index < -0.39 is 23.9 Å². The molecule has 1 heterocycles. The number of halogens is 3. The Kier molecular flexibility index (Phi) is 4.09. The molecule has 1 N–H and O–H groups in total. The van der Waals surface area contributed by atoms with Crippen molar-refractivity contribution in [1.29, 1.82) is 0 Å². The summed E-state index contributed by atoms with van der Waals surface area (Å²) in [6.45, 7) is -0.169. The summed E-state index contributed by atoms with van der Waals surface area (Å²) >= 11 is 0. The van der Waals surface area contributed by atoms with Crippen LogP contribution in [0.15, 0.2) is 18.2 Å². The lowest BCUT2D eigenvalue weighted by molar-refractivity contribution is -0.130. The molecule has 0 radical (unpaired) electrons. The summed E-state index contributed by atoms with van der Waals surface area (Å²) < 4.78 is 39.1. The Morgan fingerprint density at radius 3 is 2.68 bits per heavy atom. The van der Waals surface area contributed by atoms with Crippen LogP contribution in [0.2, 0.25) is 0 Å². The van der Waals surface area contributed by atoms with E-state index in [-0.39, 0.29) is 37.4 Å². The number of alkyl halides is 1. The van der Waals surface area contributed by atoms with Crippen LogP contribution in [0.25, 0.3) is 0 Å². The number of carbonyl (C=O) groups excluding carboxylic acids is 1. The minimum absolute atomic E-state index is 0.00198. The Morgan fingerprint density at radius 2 is 2.11 bits per heavy atom. The first kappa shape index (κ1) is 13.9. The standard InChI is InChI=1S/C13H14F3NO2/c14-9-3-1-8(10(15)5-9)2-4-13(19)17-6-11(16)12(18)7-17/h1,3,5,11-12,18H,2,4,6-7H2/t11-,12-/m0/s1. The molecular weight excluding hydrogens is 259 g/mol. The molecule has 3 nitrogen and oxygen atoms in total. The number of likely N-dealkylation sites (tertiary alicyclic amines) is 1. The molecule has 1 fully saturated rings. The van der Waals surface area contributed by atoms with E-state index in [9.17, 15) is 23.1 Å². The molecule has 0 unspecified atom stereocenters. The molecule has 6 heteroatoms. The molecule has 1 aromatic rings. The highest BCUT2D eigenvalue weighted by Crippen LogP contribution is 2.16. The number of aryl methyl sites for hydroxylation is 1. The van der Waals surface area contributed by atoms with Crippen LogP contribution >= 0.6 is 0 Å². The van der Waals surface area contributed by atoms with Crippen LogP contribution in [0.1, 0.15) is 12.0 Å². The smallest absolute Gasteiger partial charge is 0.223 e. The Balaban J connectivity index is 1.90. The predicted octanol–water partition coefficient (Wildman–Crippen LogP) is 1.44. The first-order chi connectivity index (χ1) is 8.97. The van der Waals surface area contributed by atoms with Crippen molar-refractivity contribution >= 4 is 5.91 Å². The number of amides is 1. The molecular formula is C13H14F3NO2. The second-order valence-electron chi connectivity index (χ2n) is 4.62. The van der Waals surface area contributed by atoms with E-state index in [4.69, 9.17) is 0 Å². The van der Waals surface area contributed by atoms with Gasteiger partial charge in [0.15, 0.2) is 0 Å².